The van der Waals surface area contributed by atoms with E-state index in [0.717, 1.165) is 23.2 Å². The largest absolute Gasteiger partial charge is 0.390 e. The number of carbonyl (C=O) groups excluding carboxylic acids is 1. The maximum absolute atomic E-state index is 13.5. The van der Waals surface area contributed by atoms with Crippen LogP contribution in [-0.4, -0.2) is 28.9 Å². The summed E-state index contributed by atoms with van der Waals surface area (Å²) in [6.07, 6.45) is 0.0804. The summed E-state index contributed by atoms with van der Waals surface area (Å²) in [7, 11) is 0. The average molecular weight is 371 g/mol. The van der Waals surface area contributed by atoms with E-state index in [1.807, 2.05) is 61.5 Å². The lowest BCUT2D eigenvalue weighted by Crippen LogP contribution is -2.50. The van der Waals surface area contributed by atoms with Gasteiger partial charge >= 0.3 is 0 Å². The number of amides is 1. The third kappa shape index (κ3) is 1.91. The van der Waals surface area contributed by atoms with Crippen molar-refractivity contribution in [1.29, 1.82) is 0 Å². The summed E-state index contributed by atoms with van der Waals surface area (Å²) in [5.41, 5.74) is 1.87. The van der Waals surface area contributed by atoms with Gasteiger partial charge in [-0.2, -0.15) is 0 Å². The highest BCUT2D eigenvalue weighted by Gasteiger charge is 2.78. The molecule has 0 spiro atoms. The topological polar surface area (TPSA) is 49.8 Å². The molecule has 4 aliphatic rings. The predicted octanol–water partition coefficient (Wildman–Crippen LogP) is 2.73. The second kappa shape index (κ2) is 5.47. The van der Waals surface area contributed by atoms with E-state index in [0.29, 0.717) is 0 Å². The zero-order chi connectivity index (χ0) is 19.0. The van der Waals surface area contributed by atoms with Crippen LogP contribution in [0.3, 0.4) is 0 Å². The average Bonchev–Trinajstić information content (AvgIpc) is 3.38. The van der Waals surface area contributed by atoms with E-state index in [1.165, 1.54) is 0 Å². The summed E-state index contributed by atoms with van der Waals surface area (Å²) in [6.45, 7) is 2.03. The first-order chi connectivity index (χ1) is 13.6. The third-order valence-electron chi connectivity index (χ3n) is 7.11. The molecule has 1 N–H and O–H groups in total. The molecule has 2 saturated carbocycles. The molecule has 4 heteroatoms. The Bertz CT molecular complexity index is 1020. The lowest BCUT2D eigenvalue weighted by molar-refractivity contribution is -0.130. The maximum Gasteiger partial charge on any atom is 0.234 e. The molecule has 0 radical (unpaired) electrons. The van der Waals surface area contributed by atoms with Gasteiger partial charge in [0, 0.05) is 17.2 Å². The molecule has 28 heavy (non-hydrogen) atoms. The fourth-order valence-electron chi connectivity index (χ4n) is 6.02. The van der Waals surface area contributed by atoms with Gasteiger partial charge in [-0.25, -0.2) is 0 Å². The Kier molecular flexibility index (Phi) is 3.19. The van der Waals surface area contributed by atoms with Gasteiger partial charge < -0.3 is 9.84 Å². The Morgan fingerprint density at radius 2 is 1.86 bits per heavy atom. The van der Waals surface area contributed by atoms with E-state index in [1.54, 1.807) is 4.90 Å². The maximum atomic E-state index is 13.5. The van der Waals surface area contributed by atoms with Crippen LogP contribution in [0.2, 0.25) is 0 Å². The minimum Gasteiger partial charge on any atom is -0.390 e. The lowest BCUT2D eigenvalue weighted by atomic mass is 9.77. The van der Waals surface area contributed by atoms with Crippen molar-refractivity contribution < 1.29 is 14.6 Å². The molecule has 2 aliphatic heterocycles. The van der Waals surface area contributed by atoms with Crippen LogP contribution in [0.1, 0.15) is 17.5 Å². The first-order valence-electron chi connectivity index (χ1n) is 9.95. The van der Waals surface area contributed by atoms with Crippen LogP contribution in [0.4, 0.5) is 5.69 Å². The highest BCUT2D eigenvalue weighted by molar-refractivity contribution is 6.01. The van der Waals surface area contributed by atoms with Crippen LogP contribution >= 0.6 is 0 Å². The van der Waals surface area contributed by atoms with Crippen molar-refractivity contribution in [3.8, 4) is 11.8 Å². The van der Waals surface area contributed by atoms with Crippen LogP contribution in [0.15, 0.2) is 54.6 Å². The summed E-state index contributed by atoms with van der Waals surface area (Å²) in [4.78, 5) is 15.3. The van der Waals surface area contributed by atoms with Crippen molar-refractivity contribution in [1.82, 2.24) is 0 Å². The number of aliphatic hydroxyl groups is 1. The number of hydrogen-bond acceptors (Lipinski definition) is 3. The normalized spacial score (nSPS) is 39.4. The van der Waals surface area contributed by atoms with Gasteiger partial charge in [-0.15, -0.1) is 0 Å². The number of rotatable bonds is 1. The number of carbonyl (C=O) groups is 1. The molecule has 2 saturated heterocycles. The van der Waals surface area contributed by atoms with Gasteiger partial charge in [-0.05, 0) is 55.4 Å². The molecule has 4 nitrogen and oxygen atoms in total. The summed E-state index contributed by atoms with van der Waals surface area (Å²) < 4.78 is 6.50. The van der Waals surface area contributed by atoms with Gasteiger partial charge in [-0.1, -0.05) is 41.8 Å². The molecule has 2 bridgehead atoms. The molecular weight excluding hydrogens is 350 g/mol. The number of anilines is 1. The fourth-order valence-corrected chi connectivity index (χ4v) is 6.02. The Morgan fingerprint density at radius 1 is 1.11 bits per heavy atom. The van der Waals surface area contributed by atoms with E-state index in [-0.39, 0.29) is 35.7 Å². The first-order valence-corrected chi connectivity index (χ1v) is 9.95. The van der Waals surface area contributed by atoms with Gasteiger partial charge in [0.2, 0.25) is 11.6 Å². The first kappa shape index (κ1) is 16.4. The molecule has 2 heterocycles. The Labute approximate surface area is 164 Å². The van der Waals surface area contributed by atoms with Crippen molar-refractivity contribution in [3.63, 3.8) is 0 Å². The van der Waals surface area contributed by atoms with E-state index >= 15 is 0 Å². The number of ether oxygens (including phenoxy) is 1. The zero-order valence-corrected chi connectivity index (χ0v) is 15.6. The van der Waals surface area contributed by atoms with E-state index in [4.69, 9.17) is 4.74 Å². The van der Waals surface area contributed by atoms with Crippen molar-refractivity contribution in [2.24, 2.45) is 23.7 Å². The van der Waals surface area contributed by atoms with E-state index < -0.39 is 11.8 Å². The van der Waals surface area contributed by atoms with Crippen LogP contribution in [0, 0.1) is 42.4 Å². The molecule has 140 valence electrons. The molecule has 7 unspecified atom stereocenters. The Morgan fingerprint density at radius 3 is 2.61 bits per heavy atom. The number of hydrogen-bond donors (Lipinski definition) is 1. The second-order valence-electron chi connectivity index (χ2n) is 8.51. The molecule has 0 aromatic heterocycles. The number of nitrogens with zero attached hydrogens (tertiary/aromatic N) is 1. The zero-order valence-electron chi connectivity index (χ0n) is 15.6. The summed E-state index contributed by atoms with van der Waals surface area (Å²) >= 11 is 0. The monoisotopic (exact) mass is 371 g/mol. The SMILES string of the molecule is Cc1ccc(N2C(=O)C3C4CC5C(OC2(C#Cc2ccccc2)C53)C4O)cc1. The lowest BCUT2D eigenvalue weighted by Gasteiger charge is -2.35. The summed E-state index contributed by atoms with van der Waals surface area (Å²) in [5.74, 6) is 6.68. The highest BCUT2D eigenvalue weighted by Crippen LogP contribution is 2.67. The minimum atomic E-state index is -0.992. The fraction of sp³-hybridized carbons (Fsp3) is 0.375. The van der Waals surface area contributed by atoms with Crippen LogP contribution < -0.4 is 4.90 Å². The van der Waals surface area contributed by atoms with Crippen LogP contribution in [-0.2, 0) is 9.53 Å². The summed E-state index contributed by atoms with van der Waals surface area (Å²) in [6, 6.07) is 17.8. The van der Waals surface area contributed by atoms with Gasteiger partial charge in [0.05, 0.1) is 18.1 Å². The highest BCUT2D eigenvalue weighted by atomic mass is 16.6. The summed E-state index contributed by atoms with van der Waals surface area (Å²) in [5, 5.41) is 10.7. The number of aliphatic hydroxyl groups excluding tert-OH is 1. The molecule has 7 atom stereocenters. The number of benzene rings is 2. The second-order valence-corrected chi connectivity index (χ2v) is 8.51. The quantitative estimate of drug-likeness (QED) is 0.785. The Balaban J connectivity index is 1.53. The number of fused-ring (bicyclic) bond motifs is 2. The van der Waals surface area contributed by atoms with Crippen molar-refractivity contribution in [3.05, 3.63) is 65.7 Å². The Hall–Kier alpha value is -2.61. The molecule has 2 aromatic rings. The molecule has 4 fully saturated rings. The van der Waals surface area contributed by atoms with Gasteiger partial charge in [0.1, 0.15) is 0 Å². The smallest absolute Gasteiger partial charge is 0.234 e. The predicted molar refractivity (Wildman–Crippen MR) is 104 cm³/mol. The van der Waals surface area contributed by atoms with Crippen LogP contribution in [0.5, 0.6) is 0 Å². The molecule has 2 aliphatic carbocycles. The van der Waals surface area contributed by atoms with Crippen molar-refractivity contribution >= 4 is 11.6 Å². The number of aryl methyl sites for hydroxylation is 1. The van der Waals surface area contributed by atoms with Gasteiger partial charge in [-0.3, -0.25) is 9.69 Å². The molecule has 1 amide bonds. The van der Waals surface area contributed by atoms with Crippen molar-refractivity contribution in [2.45, 2.75) is 31.3 Å². The third-order valence-corrected chi connectivity index (χ3v) is 7.11. The molecular formula is C24H21NO3. The molecule has 6 rings (SSSR count). The van der Waals surface area contributed by atoms with Crippen molar-refractivity contribution in [2.75, 3.05) is 4.90 Å². The van der Waals surface area contributed by atoms with Gasteiger partial charge in [0.15, 0.2) is 0 Å². The standard InChI is InChI=1S/C24H21NO3/c1-14-7-9-16(10-8-14)25-23(27)19-17-13-18-20(19)24(25,28-22(18)21(17)26)12-11-15-5-3-2-4-6-15/h2-10,17-22,26H,13H2,1H3. The van der Waals surface area contributed by atoms with E-state index in [9.17, 15) is 9.90 Å². The van der Waals surface area contributed by atoms with E-state index in [2.05, 4.69) is 11.8 Å². The molecule has 2 aromatic carbocycles. The van der Waals surface area contributed by atoms with Crippen LogP contribution in [0.25, 0.3) is 0 Å². The minimum absolute atomic E-state index is 0.0108. The van der Waals surface area contributed by atoms with Gasteiger partial charge in [0.25, 0.3) is 0 Å².